The summed E-state index contributed by atoms with van der Waals surface area (Å²) in [5.41, 5.74) is 0. The van der Waals surface area contributed by atoms with Crippen LogP contribution < -0.4 is 19.5 Å². The smallest absolute Gasteiger partial charge is 0.266 e. The first-order chi connectivity index (χ1) is 11.7. The zero-order valence-electron chi connectivity index (χ0n) is 13.4. The number of amides is 1. The van der Waals surface area contributed by atoms with E-state index >= 15 is 0 Å². The number of hydrogen-bond acceptors (Lipinski definition) is 5. The maximum atomic E-state index is 12.4. The van der Waals surface area contributed by atoms with Gasteiger partial charge in [-0.25, -0.2) is 4.98 Å². The fraction of sp³-hybridized carbons (Fsp3) is 0.412. The molecule has 3 heterocycles. The van der Waals surface area contributed by atoms with Crippen molar-refractivity contribution in [3.05, 3.63) is 30.2 Å². The van der Waals surface area contributed by atoms with Gasteiger partial charge >= 0.3 is 0 Å². The van der Waals surface area contributed by atoms with Crippen molar-refractivity contribution < 1.29 is 19.0 Å². The lowest BCUT2D eigenvalue weighted by atomic mass is 10.2. The van der Waals surface area contributed by atoms with E-state index in [1.165, 1.54) is 0 Å². The molecule has 0 fully saturated rings. The molecule has 0 spiro atoms. The highest BCUT2D eigenvalue weighted by atomic mass is 16.7. The Bertz CT molecular complexity index is 771. The maximum Gasteiger partial charge on any atom is 0.266 e. The second kappa shape index (κ2) is 6.07. The van der Waals surface area contributed by atoms with Gasteiger partial charge < -0.3 is 24.1 Å². The largest absolute Gasteiger partial charge is 0.481 e. The summed E-state index contributed by atoms with van der Waals surface area (Å²) >= 11 is 0. The lowest BCUT2D eigenvalue weighted by Gasteiger charge is -2.18. The molecule has 0 saturated heterocycles. The number of aromatic nitrogens is 2. The molecule has 2 aliphatic rings. The van der Waals surface area contributed by atoms with Crippen molar-refractivity contribution in [1.82, 2.24) is 9.55 Å². The zero-order chi connectivity index (χ0) is 16.5. The Morgan fingerprint density at radius 1 is 1.33 bits per heavy atom. The molecule has 0 unspecified atom stereocenters. The van der Waals surface area contributed by atoms with Gasteiger partial charge in [-0.15, -0.1) is 0 Å². The van der Waals surface area contributed by atoms with Gasteiger partial charge in [-0.1, -0.05) is 0 Å². The molecular weight excluding hydrogens is 310 g/mol. The number of hydrogen-bond donors (Lipinski definition) is 1. The quantitative estimate of drug-likeness (QED) is 0.932. The Labute approximate surface area is 139 Å². The number of fused-ring (bicyclic) bond motifs is 2. The fourth-order valence-electron chi connectivity index (χ4n) is 2.95. The number of imidazole rings is 1. The number of aryl methyl sites for hydroxylation is 1. The summed E-state index contributed by atoms with van der Waals surface area (Å²) in [4.78, 5) is 16.8. The topological polar surface area (TPSA) is 74.6 Å². The van der Waals surface area contributed by atoms with Crippen molar-refractivity contribution in [3.8, 4) is 17.2 Å². The molecule has 4 rings (SSSR count). The zero-order valence-corrected chi connectivity index (χ0v) is 13.4. The molecule has 1 aromatic heterocycles. The van der Waals surface area contributed by atoms with Crippen molar-refractivity contribution >= 4 is 11.7 Å². The average Bonchev–Trinajstić information content (AvgIpc) is 3.21. The van der Waals surface area contributed by atoms with Gasteiger partial charge in [0.15, 0.2) is 17.6 Å². The lowest BCUT2D eigenvalue weighted by molar-refractivity contribution is -0.122. The lowest BCUT2D eigenvalue weighted by Crippen LogP contribution is -2.31. The van der Waals surface area contributed by atoms with Gasteiger partial charge in [-0.05, 0) is 31.9 Å². The van der Waals surface area contributed by atoms with Crippen molar-refractivity contribution in [1.29, 1.82) is 0 Å². The molecule has 0 saturated carbocycles. The summed E-state index contributed by atoms with van der Waals surface area (Å²) in [5.74, 6) is 3.44. The van der Waals surface area contributed by atoms with Crippen LogP contribution in [0.15, 0.2) is 24.4 Å². The Hall–Kier alpha value is -2.70. The number of anilines is 1. The van der Waals surface area contributed by atoms with Crippen molar-refractivity contribution in [2.75, 3.05) is 12.1 Å². The first kappa shape index (κ1) is 14.9. The van der Waals surface area contributed by atoms with Gasteiger partial charge in [-0.3, -0.25) is 4.79 Å². The van der Waals surface area contributed by atoms with Gasteiger partial charge in [0.05, 0.1) is 6.20 Å². The van der Waals surface area contributed by atoms with Crippen molar-refractivity contribution in [2.24, 2.45) is 0 Å². The fourth-order valence-corrected chi connectivity index (χ4v) is 2.95. The van der Waals surface area contributed by atoms with Crippen LogP contribution in [0.3, 0.4) is 0 Å². The van der Waals surface area contributed by atoms with E-state index in [1.807, 2.05) is 0 Å². The molecule has 1 amide bonds. The number of rotatable bonds is 4. The highest BCUT2D eigenvalue weighted by molar-refractivity contribution is 5.93. The molecule has 126 valence electrons. The second-order valence-corrected chi connectivity index (χ2v) is 5.93. The first-order valence-electron chi connectivity index (χ1n) is 8.12. The van der Waals surface area contributed by atoms with Crippen LogP contribution in [0.4, 0.5) is 5.82 Å². The number of benzene rings is 1. The molecule has 24 heavy (non-hydrogen) atoms. The third-order valence-corrected chi connectivity index (χ3v) is 4.25. The summed E-state index contributed by atoms with van der Waals surface area (Å²) in [6, 6.07) is 5.26. The summed E-state index contributed by atoms with van der Waals surface area (Å²) in [7, 11) is 0. The number of nitrogens with zero attached hydrogens (tertiary/aromatic N) is 2. The molecule has 7 nitrogen and oxygen atoms in total. The van der Waals surface area contributed by atoms with Gasteiger partial charge in [-0.2, -0.15) is 0 Å². The van der Waals surface area contributed by atoms with Crippen LogP contribution in [0.5, 0.6) is 17.2 Å². The van der Waals surface area contributed by atoms with Crippen LogP contribution in [0.1, 0.15) is 25.6 Å². The van der Waals surface area contributed by atoms with E-state index in [0.717, 1.165) is 37.4 Å². The van der Waals surface area contributed by atoms with Crippen LogP contribution in [-0.4, -0.2) is 28.4 Å². The number of carbonyl (C=O) groups excluding carboxylic acids is 1. The Balaban J connectivity index is 1.42. The number of ether oxygens (including phenoxy) is 3. The summed E-state index contributed by atoms with van der Waals surface area (Å²) < 4.78 is 18.4. The van der Waals surface area contributed by atoms with Gasteiger partial charge in [0.25, 0.3) is 5.91 Å². The van der Waals surface area contributed by atoms with Crippen LogP contribution in [0.25, 0.3) is 0 Å². The van der Waals surface area contributed by atoms with Crippen LogP contribution in [0, 0.1) is 0 Å². The minimum Gasteiger partial charge on any atom is -0.481 e. The van der Waals surface area contributed by atoms with Crippen LogP contribution in [0.2, 0.25) is 0 Å². The third kappa shape index (κ3) is 2.77. The molecule has 0 radical (unpaired) electrons. The minimum absolute atomic E-state index is 0.207. The minimum atomic E-state index is -0.639. The average molecular weight is 329 g/mol. The number of carbonyl (C=O) groups is 1. The molecule has 2 aliphatic heterocycles. The van der Waals surface area contributed by atoms with E-state index in [4.69, 9.17) is 14.2 Å². The molecular formula is C17H19N3O4. The Morgan fingerprint density at radius 3 is 3.12 bits per heavy atom. The first-order valence-corrected chi connectivity index (χ1v) is 8.12. The van der Waals surface area contributed by atoms with E-state index in [2.05, 4.69) is 14.9 Å². The molecule has 2 aromatic rings. The highest BCUT2D eigenvalue weighted by Gasteiger charge is 2.21. The normalized spacial score (nSPS) is 16.4. The third-order valence-electron chi connectivity index (χ3n) is 4.25. The van der Waals surface area contributed by atoms with E-state index < -0.39 is 6.10 Å². The van der Waals surface area contributed by atoms with Crippen LogP contribution in [-0.2, 0) is 17.8 Å². The standard InChI is InChI=1S/C17H19N3O4/c1-11(24-12-5-6-13-14(8-12)23-10-22-13)17(21)19-16-9-18-15-4-2-3-7-20(15)16/h5-6,8-9,11H,2-4,7,10H2,1H3,(H,19,21)/t11-/m1/s1. The molecule has 1 aromatic carbocycles. The molecule has 0 aliphatic carbocycles. The monoisotopic (exact) mass is 329 g/mol. The Kier molecular flexibility index (Phi) is 3.76. The summed E-state index contributed by atoms with van der Waals surface area (Å²) in [6.07, 6.45) is 4.29. The van der Waals surface area contributed by atoms with Gasteiger partial charge in [0.1, 0.15) is 17.4 Å². The second-order valence-electron chi connectivity index (χ2n) is 5.93. The summed E-state index contributed by atoms with van der Waals surface area (Å²) in [5, 5.41) is 2.90. The van der Waals surface area contributed by atoms with Gasteiger partial charge in [0.2, 0.25) is 6.79 Å². The number of nitrogens with one attached hydrogen (secondary N) is 1. The van der Waals surface area contributed by atoms with E-state index in [0.29, 0.717) is 17.2 Å². The van der Waals surface area contributed by atoms with Crippen molar-refractivity contribution in [2.45, 2.75) is 38.8 Å². The summed E-state index contributed by atoms with van der Waals surface area (Å²) in [6.45, 7) is 2.82. The van der Waals surface area contributed by atoms with E-state index in [9.17, 15) is 4.79 Å². The van der Waals surface area contributed by atoms with Crippen LogP contribution >= 0.6 is 0 Å². The van der Waals surface area contributed by atoms with E-state index in [-0.39, 0.29) is 12.7 Å². The predicted octanol–water partition coefficient (Wildman–Crippen LogP) is 2.35. The molecule has 1 atom stereocenters. The maximum absolute atomic E-state index is 12.4. The molecule has 1 N–H and O–H groups in total. The predicted molar refractivity (Wildman–Crippen MR) is 86.4 cm³/mol. The molecule has 0 bridgehead atoms. The SMILES string of the molecule is C[C@@H](Oc1ccc2c(c1)OCO2)C(=O)Nc1cnc2n1CCCC2. The van der Waals surface area contributed by atoms with Crippen molar-refractivity contribution in [3.63, 3.8) is 0 Å². The Morgan fingerprint density at radius 2 is 2.21 bits per heavy atom. The van der Waals surface area contributed by atoms with E-state index in [1.54, 1.807) is 31.3 Å². The molecule has 7 heteroatoms. The van der Waals surface area contributed by atoms with Gasteiger partial charge in [0, 0.05) is 19.0 Å². The highest BCUT2D eigenvalue weighted by Crippen LogP contribution is 2.35.